The zero-order valence-electron chi connectivity index (χ0n) is 22.5. The molecule has 0 bridgehead atoms. The van der Waals surface area contributed by atoms with E-state index < -0.39 is 0 Å². The average molecular weight is 526 g/mol. The molecule has 0 N–H and O–H groups in total. The van der Waals surface area contributed by atoms with Crippen LogP contribution >= 0.6 is 0 Å². The molecule has 0 atom stereocenters. The van der Waals surface area contributed by atoms with Crippen molar-refractivity contribution >= 4 is 45.6 Å². The summed E-state index contributed by atoms with van der Waals surface area (Å²) in [5.41, 5.74) is 13.0. The van der Waals surface area contributed by atoms with Crippen LogP contribution in [-0.2, 0) is 6.54 Å². The van der Waals surface area contributed by atoms with Gasteiger partial charge in [-0.15, -0.1) is 0 Å². The fourth-order valence-corrected chi connectivity index (χ4v) is 6.48. The van der Waals surface area contributed by atoms with Crippen molar-refractivity contribution in [1.82, 2.24) is 4.57 Å². The van der Waals surface area contributed by atoms with Crippen molar-refractivity contribution in [2.75, 3.05) is 4.90 Å². The zero-order valence-corrected chi connectivity index (χ0v) is 22.5. The molecular formula is C38H27N3. The minimum atomic E-state index is 0.727. The maximum Gasteiger partial charge on any atom is 0.0859 e. The van der Waals surface area contributed by atoms with E-state index in [1.54, 1.807) is 0 Å². The smallest absolute Gasteiger partial charge is 0.0859 e. The minimum Gasteiger partial charge on any atom is -0.335 e. The molecule has 0 aliphatic carbocycles. The fourth-order valence-electron chi connectivity index (χ4n) is 6.48. The Labute approximate surface area is 239 Å². The van der Waals surface area contributed by atoms with Crippen LogP contribution < -0.4 is 4.90 Å². The maximum atomic E-state index is 4.38. The zero-order chi connectivity index (χ0) is 27.3. The first-order valence-electron chi connectivity index (χ1n) is 14.0. The largest absolute Gasteiger partial charge is 0.335 e. The molecule has 0 saturated heterocycles. The summed E-state index contributed by atoms with van der Waals surface area (Å²) in [6, 6.07) is 49.8. The standard InChI is InChI=1S/C38H27N3/c1-39-34-18-7-10-21-37(34)40-25-33-29(30-16-5-8-19-35(30)40)22-23-32-31-17-6-9-20-36(31)41(38(32)33)28-15-11-14-27(24-28)26-12-3-2-4-13-26/h2-24H,1,25H2. The predicted molar refractivity (Wildman–Crippen MR) is 173 cm³/mol. The number of fused-ring (bicyclic) bond motifs is 7. The van der Waals surface area contributed by atoms with E-state index in [1.165, 1.54) is 55.3 Å². The SMILES string of the molecule is C=Nc1ccccc1N1Cc2c(ccc3c4ccccc4n(-c4cccc(-c5ccccc5)c4)c23)-c2ccccc21. The number of aromatic nitrogens is 1. The maximum absolute atomic E-state index is 4.38. The van der Waals surface area contributed by atoms with E-state index in [4.69, 9.17) is 0 Å². The molecule has 194 valence electrons. The van der Waals surface area contributed by atoms with Gasteiger partial charge in [-0.05, 0) is 59.8 Å². The van der Waals surface area contributed by atoms with Gasteiger partial charge in [-0.25, -0.2) is 0 Å². The third kappa shape index (κ3) is 3.63. The summed E-state index contributed by atoms with van der Waals surface area (Å²) in [4.78, 5) is 6.77. The van der Waals surface area contributed by atoms with Gasteiger partial charge in [0, 0.05) is 33.3 Å². The van der Waals surface area contributed by atoms with E-state index in [2.05, 4.69) is 149 Å². The number of benzene rings is 6. The van der Waals surface area contributed by atoms with Crippen LogP contribution in [0.5, 0.6) is 0 Å². The molecule has 6 aromatic carbocycles. The molecule has 0 radical (unpaired) electrons. The van der Waals surface area contributed by atoms with E-state index >= 15 is 0 Å². The van der Waals surface area contributed by atoms with Crippen molar-refractivity contribution in [3.05, 3.63) is 145 Å². The topological polar surface area (TPSA) is 20.5 Å². The molecule has 0 fully saturated rings. The Kier molecular flexibility index (Phi) is 5.36. The van der Waals surface area contributed by atoms with Crippen LogP contribution in [0.3, 0.4) is 0 Å². The lowest BCUT2D eigenvalue weighted by molar-refractivity contribution is 0.961. The molecule has 0 saturated carbocycles. The van der Waals surface area contributed by atoms with Gasteiger partial charge in [-0.3, -0.25) is 4.99 Å². The molecule has 0 spiro atoms. The first-order chi connectivity index (χ1) is 20.3. The summed E-state index contributed by atoms with van der Waals surface area (Å²) >= 11 is 0. The van der Waals surface area contributed by atoms with Crippen molar-refractivity contribution in [2.45, 2.75) is 6.54 Å². The van der Waals surface area contributed by atoms with Crippen LogP contribution in [0, 0.1) is 0 Å². The number of aliphatic imine (C=N–C) groups is 1. The molecule has 3 nitrogen and oxygen atoms in total. The van der Waals surface area contributed by atoms with Gasteiger partial charge >= 0.3 is 0 Å². The lowest BCUT2D eigenvalue weighted by Crippen LogP contribution is -2.22. The lowest BCUT2D eigenvalue weighted by Gasteiger charge is -2.34. The second-order valence-electron chi connectivity index (χ2n) is 10.5. The minimum absolute atomic E-state index is 0.727. The summed E-state index contributed by atoms with van der Waals surface area (Å²) < 4.78 is 2.46. The highest BCUT2D eigenvalue weighted by Crippen LogP contribution is 2.48. The van der Waals surface area contributed by atoms with Gasteiger partial charge in [-0.2, -0.15) is 0 Å². The van der Waals surface area contributed by atoms with Gasteiger partial charge in [-0.1, -0.05) is 103 Å². The third-order valence-electron chi connectivity index (χ3n) is 8.30. The molecule has 41 heavy (non-hydrogen) atoms. The molecule has 2 heterocycles. The van der Waals surface area contributed by atoms with Crippen molar-refractivity contribution in [3.63, 3.8) is 0 Å². The Hall–Kier alpha value is -5.41. The highest BCUT2D eigenvalue weighted by Gasteiger charge is 2.28. The summed E-state index contributed by atoms with van der Waals surface area (Å²) in [7, 11) is 0. The van der Waals surface area contributed by atoms with Gasteiger partial charge < -0.3 is 9.47 Å². The first kappa shape index (κ1) is 23.5. The third-order valence-corrected chi connectivity index (χ3v) is 8.30. The molecule has 7 aromatic rings. The van der Waals surface area contributed by atoms with Crippen LogP contribution in [0.25, 0.3) is 49.7 Å². The Morgan fingerprint density at radius 1 is 0.561 bits per heavy atom. The van der Waals surface area contributed by atoms with E-state index in [9.17, 15) is 0 Å². The number of nitrogens with zero attached hydrogens (tertiary/aromatic N) is 3. The van der Waals surface area contributed by atoms with Crippen LogP contribution in [0.2, 0.25) is 0 Å². The number of hydrogen-bond acceptors (Lipinski definition) is 2. The van der Waals surface area contributed by atoms with Crippen molar-refractivity contribution < 1.29 is 0 Å². The second-order valence-corrected chi connectivity index (χ2v) is 10.5. The van der Waals surface area contributed by atoms with E-state index in [-0.39, 0.29) is 0 Å². The van der Waals surface area contributed by atoms with Crippen molar-refractivity contribution in [3.8, 4) is 27.9 Å². The summed E-state index contributed by atoms with van der Waals surface area (Å²) in [6.45, 7) is 4.60. The molecule has 1 aliphatic heterocycles. The van der Waals surface area contributed by atoms with E-state index in [1.807, 2.05) is 12.1 Å². The van der Waals surface area contributed by atoms with Crippen LogP contribution in [0.15, 0.2) is 145 Å². The molecular weight excluding hydrogens is 498 g/mol. The Morgan fingerprint density at radius 3 is 2.17 bits per heavy atom. The number of hydrogen-bond donors (Lipinski definition) is 0. The monoisotopic (exact) mass is 525 g/mol. The Balaban J connectivity index is 1.44. The highest BCUT2D eigenvalue weighted by atomic mass is 15.2. The van der Waals surface area contributed by atoms with Crippen molar-refractivity contribution in [2.24, 2.45) is 4.99 Å². The second kappa shape index (κ2) is 9.35. The van der Waals surface area contributed by atoms with Crippen molar-refractivity contribution in [1.29, 1.82) is 0 Å². The Bertz CT molecular complexity index is 2100. The number of anilines is 2. The molecule has 0 amide bonds. The fraction of sp³-hybridized carbons (Fsp3) is 0.0263. The highest BCUT2D eigenvalue weighted by molar-refractivity contribution is 6.12. The number of para-hydroxylation sites is 4. The first-order valence-corrected chi connectivity index (χ1v) is 14.0. The Morgan fingerprint density at radius 2 is 1.29 bits per heavy atom. The summed E-state index contributed by atoms with van der Waals surface area (Å²) in [5, 5.41) is 2.52. The lowest BCUT2D eigenvalue weighted by atomic mass is 9.91. The van der Waals surface area contributed by atoms with Crippen LogP contribution in [-0.4, -0.2) is 11.3 Å². The quantitative estimate of drug-likeness (QED) is 0.209. The average Bonchev–Trinajstić information content (AvgIpc) is 3.40. The van der Waals surface area contributed by atoms with Gasteiger partial charge in [0.05, 0.1) is 29.0 Å². The number of rotatable bonds is 4. The van der Waals surface area contributed by atoms with E-state index in [0.29, 0.717) is 0 Å². The van der Waals surface area contributed by atoms with E-state index in [0.717, 1.165) is 23.6 Å². The van der Waals surface area contributed by atoms with Gasteiger partial charge in [0.15, 0.2) is 0 Å². The van der Waals surface area contributed by atoms with Gasteiger partial charge in [0.25, 0.3) is 0 Å². The molecule has 1 aliphatic rings. The van der Waals surface area contributed by atoms with Crippen LogP contribution in [0.4, 0.5) is 17.1 Å². The summed E-state index contributed by atoms with van der Waals surface area (Å²) in [6.07, 6.45) is 0. The summed E-state index contributed by atoms with van der Waals surface area (Å²) in [5.74, 6) is 0. The molecule has 0 unspecified atom stereocenters. The van der Waals surface area contributed by atoms with Gasteiger partial charge in [0.1, 0.15) is 0 Å². The molecule has 3 heteroatoms. The normalized spacial score (nSPS) is 12.3. The predicted octanol–water partition coefficient (Wildman–Crippen LogP) is 10.1. The molecule has 8 rings (SSSR count). The van der Waals surface area contributed by atoms with Crippen LogP contribution in [0.1, 0.15) is 5.56 Å². The molecule has 1 aromatic heterocycles. The van der Waals surface area contributed by atoms with Gasteiger partial charge in [0.2, 0.25) is 0 Å².